The highest BCUT2D eigenvalue weighted by atomic mass is 32.1. The molecule has 0 aliphatic carbocycles. The Morgan fingerprint density at radius 2 is 1.79 bits per heavy atom. The third-order valence-electron chi connectivity index (χ3n) is 3.69. The van der Waals surface area contributed by atoms with Gasteiger partial charge in [-0.05, 0) is 36.7 Å². The molecular formula is C18H16N8OS. The Labute approximate surface area is 165 Å². The number of phenols is 1. The molecule has 9 nitrogen and oxygen atoms in total. The zero-order valence-corrected chi connectivity index (χ0v) is 16.2. The average Bonchev–Trinajstić information content (AvgIpc) is 3.05. The van der Waals surface area contributed by atoms with Crippen LogP contribution in [0.4, 0.5) is 27.8 Å². The zero-order valence-electron chi connectivity index (χ0n) is 15.4. The number of hydrogen-bond donors (Lipinski definition) is 1. The highest BCUT2D eigenvalue weighted by Crippen LogP contribution is 2.40. The maximum Gasteiger partial charge on any atom is 0.176 e. The fraction of sp³-hybridized carbons (Fsp3) is 0.167. The molecule has 0 unspecified atom stereocenters. The smallest absolute Gasteiger partial charge is 0.176 e. The van der Waals surface area contributed by atoms with Crippen LogP contribution in [0.3, 0.4) is 0 Å². The number of nitriles is 1. The van der Waals surface area contributed by atoms with Crippen LogP contribution in [-0.4, -0.2) is 28.6 Å². The van der Waals surface area contributed by atoms with Crippen molar-refractivity contribution in [3.63, 3.8) is 0 Å². The Hall–Kier alpha value is -3.71. The van der Waals surface area contributed by atoms with Crippen molar-refractivity contribution < 1.29 is 5.11 Å². The number of aromatic nitrogens is 2. The molecule has 0 amide bonds. The Balaban J connectivity index is 1.99. The summed E-state index contributed by atoms with van der Waals surface area (Å²) in [5, 5.41) is 36.5. The number of azo groups is 2. The molecule has 10 heteroatoms. The van der Waals surface area contributed by atoms with E-state index in [1.54, 1.807) is 43.6 Å². The van der Waals surface area contributed by atoms with Crippen molar-refractivity contribution in [3.05, 3.63) is 47.9 Å². The summed E-state index contributed by atoms with van der Waals surface area (Å²) in [6.07, 6.45) is 3.25. The quantitative estimate of drug-likeness (QED) is 0.589. The van der Waals surface area contributed by atoms with Gasteiger partial charge >= 0.3 is 0 Å². The van der Waals surface area contributed by atoms with Crippen LogP contribution < -0.4 is 4.90 Å². The Morgan fingerprint density at radius 3 is 2.46 bits per heavy atom. The lowest BCUT2D eigenvalue weighted by molar-refractivity contribution is 0.476. The predicted molar refractivity (Wildman–Crippen MR) is 107 cm³/mol. The van der Waals surface area contributed by atoms with E-state index in [2.05, 4.69) is 35.9 Å². The van der Waals surface area contributed by atoms with Crippen LogP contribution in [-0.2, 0) is 0 Å². The van der Waals surface area contributed by atoms with Crippen LogP contribution in [0.15, 0.2) is 57.1 Å². The molecule has 28 heavy (non-hydrogen) atoms. The fourth-order valence-electron chi connectivity index (χ4n) is 2.25. The second kappa shape index (κ2) is 8.32. The number of rotatable bonds is 5. The highest BCUT2D eigenvalue weighted by Gasteiger charge is 2.13. The van der Waals surface area contributed by atoms with Crippen LogP contribution in [0, 0.1) is 18.3 Å². The minimum atomic E-state index is -0.0601. The standard InChI is InChI=1S/C18H16N8OS/c1-11-13(10-19)18(28-25-11)24-23-15-8-14(16(26(2)3)9-17(15)27)22-21-12-4-6-20-7-5-12/h4-9,27H,1-3H3/b22-21+,24-23+. The van der Waals surface area contributed by atoms with Gasteiger partial charge in [0.15, 0.2) is 5.00 Å². The first-order valence-electron chi connectivity index (χ1n) is 8.14. The highest BCUT2D eigenvalue weighted by molar-refractivity contribution is 7.10. The molecule has 0 spiro atoms. The number of hydrogen-bond acceptors (Lipinski definition) is 10. The number of nitrogens with zero attached hydrogens (tertiary/aromatic N) is 8. The Morgan fingerprint density at radius 1 is 1.07 bits per heavy atom. The van der Waals surface area contributed by atoms with Crippen LogP contribution in [0.1, 0.15) is 11.3 Å². The van der Waals surface area contributed by atoms with Gasteiger partial charge in [-0.25, -0.2) is 0 Å². The largest absolute Gasteiger partial charge is 0.506 e. The predicted octanol–water partition coefficient (Wildman–Crippen LogP) is 5.32. The van der Waals surface area contributed by atoms with Crippen molar-refractivity contribution in [2.45, 2.75) is 6.92 Å². The van der Waals surface area contributed by atoms with Gasteiger partial charge in [-0.1, -0.05) is 0 Å². The summed E-state index contributed by atoms with van der Waals surface area (Å²) in [5.74, 6) is -0.0601. The SMILES string of the molecule is Cc1nsc(/N=N/c2cc(/N=N/c3ccncc3)c(N(C)C)cc2O)c1C#N. The topological polar surface area (TPSA) is 122 Å². The summed E-state index contributed by atoms with van der Waals surface area (Å²) in [6, 6.07) is 8.64. The normalized spacial score (nSPS) is 11.2. The number of aromatic hydroxyl groups is 1. The molecular weight excluding hydrogens is 376 g/mol. The van der Waals surface area contributed by atoms with Crippen molar-refractivity contribution in [3.8, 4) is 11.8 Å². The number of pyridine rings is 1. The van der Waals surface area contributed by atoms with Crippen LogP contribution >= 0.6 is 11.5 Å². The molecule has 3 aromatic rings. The first-order valence-corrected chi connectivity index (χ1v) is 8.91. The second-order valence-electron chi connectivity index (χ2n) is 5.89. The molecule has 0 aliphatic rings. The van der Waals surface area contributed by atoms with Gasteiger partial charge in [0.05, 0.1) is 17.1 Å². The average molecular weight is 392 g/mol. The van der Waals surface area contributed by atoms with Gasteiger partial charge in [0, 0.05) is 32.6 Å². The molecule has 1 aromatic carbocycles. The van der Waals surface area contributed by atoms with Gasteiger partial charge < -0.3 is 10.0 Å². The summed E-state index contributed by atoms with van der Waals surface area (Å²) < 4.78 is 4.10. The maximum atomic E-state index is 10.3. The second-order valence-corrected chi connectivity index (χ2v) is 6.64. The zero-order chi connectivity index (χ0) is 20.1. The molecule has 0 saturated heterocycles. The monoisotopic (exact) mass is 392 g/mol. The van der Waals surface area contributed by atoms with E-state index < -0.39 is 0 Å². The lowest BCUT2D eigenvalue weighted by Gasteiger charge is -2.15. The molecule has 0 bridgehead atoms. The van der Waals surface area contributed by atoms with Crippen molar-refractivity contribution in [2.75, 3.05) is 19.0 Å². The number of benzene rings is 1. The summed E-state index contributed by atoms with van der Waals surface area (Å²) in [4.78, 5) is 5.75. The molecule has 3 rings (SSSR count). The Kier molecular flexibility index (Phi) is 5.67. The van der Waals surface area contributed by atoms with E-state index in [-0.39, 0.29) is 11.4 Å². The molecule has 0 aliphatic heterocycles. The van der Waals surface area contributed by atoms with Gasteiger partial charge in [-0.3, -0.25) is 4.98 Å². The van der Waals surface area contributed by atoms with E-state index in [1.165, 1.54) is 0 Å². The van der Waals surface area contributed by atoms with Crippen molar-refractivity contribution in [2.24, 2.45) is 20.5 Å². The third-order valence-corrected chi connectivity index (χ3v) is 4.52. The summed E-state index contributed by atoms with van der Waals surface area (Å²) in [5.41, 5.74) is 3.00. The van der Waals surface area contributed by atoms with E-state index in [1.807, 2.05) is 19.0 Å². The molecule has 1 N–H and O–H groups in total. The lowest BCUT2D eigenvalue weighted by atomic mass is 10.2. The summed E-state index contributed by atoms with van der Waals surface area (Å²) >= 11 is 1.07. The molecule has 2 heterocycles. The maximum absolute atomic E-state index is 10.3. The Bertz CT molecular complexity index is 1080. The van der Waals surface area contributed by atoms with Crippen LogP contribution in [0.25, 0.3) is 0 Å². The summed E-state index contributed by atoms with van der Waals surface area (Å²) in [7, 11) is 3.67. The minimum Gasteiger partial charge on any atom is -0.506 e. The number of aryl methyl sites for hydroxylation is 1. The molecule has 0 saturated carbocycles. The van der Waals surface area contributed by atoms with E-state index in [9.17, 15) is 10.4 Å². The molecule has 2 aromatic heterocycles. The lowest BCUT2D eigenvalue weighted by Crippen LogP contribution is -2.08. The van der Waals surface area contributed by atoms with E-state index in [0.29, 0.717) is 33.3 Å². The van der Waals surface area contributed by atoms with Gasteiger partial charge in [-0.2, -0.15) is 14.7 Å². The third kappa shape index (κ3) is 4.16. The first-order chi connectivity index (χ1) is 13.5. The van der Waals surface area contributed by atoms with Gasteiger partial charge in [0.25, 0.3) is 0 Å². The molecule has 0 fully saturated rings. The van der Waals surface area contributed by atoms with Crippen molar-refractivity contribution >= 4 is 39.3 Å². The summed E-state index contributed by atoms with van der Waals surface area (Å²) in [6.45, 7) is 1.73. The van der Waals surface area contributed by atoms with Gasteiger partial charge in [0.2, 0.25) is 0 Å². The van der Waals surface area contributed by atoms with Crippen molar-refractivity contribution in [1.82, 2.24) is 9.36 Å². The van der Waals surface area contributed by atoms with E-state index in [4.69, 9.17) is 0 Å². The molecule has 140 valence electrons. The van der Waals surface area contributed by atoms with Gasteiger partial charge in [-0.15, -0.1) is 15.3 Å². The van der Waals surface area contributed by atoms with Crippen molar-refractivity contribution in [1.29, 1.82) is 5.26 Å². The minimum absolute atomic E-state index is 0.0601. The van der Waals surface area contributed by atoms with Crippen LogP contribution in [0.5, 0.6) is 5.75 Å². The number of anilines is 1. The molecule has 0 atom stereocenters. The molecule has 0 radical (unpaired) electrons. The van der Waals surface area contributed by atoms with Gasteiger partial charge in [0.1, 0.15) is 28.8 Å². The van der Waals surface area contributed by atoms with E-state index in [0.717, 1.165) is 11.5 Å². The fourth-order valence-corrected chi connectivity index (χ4v) is 2.93. The van der Waals surface area contributed by atoms with E-state index >= 15 is 0 Å². The van der Waals surface area contributed by atoms with Crippen LogP contribution in [0.2, 0.25) is 0 Å². The first kappa shape index (κ1) is 19.1. The number of phenolic OH excluding ortho intramolecular Hbond substituents is 1.